The van der Waals surface area contributed by atoms with Gasteiger partial charge in [0.1, 0.15) is 0 Å². The Labute approximate surface area is 91.1 Å². The molecular formula is C11H10N2OS. The molecule has 3 rings (SSSR count). The van der Waals surface area contributed by atoms with E-state index in [2.05, 4.69) is 16.5 Å². The largest absolute Gasteiger partial charge is 0.319 e. The van der Waals surface area contributed by atoms with Crippen molar-refractivity contribution in [3.63, 3.8) is 0 Å². The first-order chi connectivity index (χ1) is 7.25. The second-order valence-electron chi connectivity index (χ2n) is 3.76. The van der Waals surface area contributed by atoms with Gasteiger partial charge in [-0.05, 0) is 12.1 Å². The summed E-state index contributed by atoms with van der Waals surface area (Å²) in [6.45, 7) is 3.09. The SMILES string of the molecule is CC1Cn2c(nc(=O)c3ccccc32)S1. The van der Waals surface area contributed by atoms with Crippen molar-refractivity contribution in [3.05, 3.63) is 34.6 Å². The predicted molar refractivity (Wildman–Crippen MR) is 61.3 cm³/mol. The van der Waals surface area contributed by atoms with Crippen LogP contribution in [0.15, 0.2) is 34.2 Å². The van der Waals surface area contributed by atoms with Crippen molar-refractivity contribution in [2.75, 3.05) is 0 Å². The van der Waals surface area contributed by atoms with Crippen LogP contribution in [0.4, 0.5) is 0 Å². The van der Waals surface area contributed by atoms with E-state index in [-0.39, 0.29) is 5.56 Å². The Balaban J connectivity index is 2.44. The van der Waals surface area contributed by atoms with Gasteiger partial charge in [0.2, 0.25) is 0 Å². The molecule has 1 aromatic heterocycles. The van der Waals surface area contributed by atoms with Gasteiger partial charge in [0.05, 0.1) is 10.9 Å². The molecule has 0 saturated heterocycles. The zero-order chi connectivity index (χ0) is 10.4. The molecule has 1 atom stereocenters. The standard InChI is InChI=1S/C11H10N2OS/c1-7-6-13-9-5-3-2-4-8(9)10(14)12-11(13)15-7/h2-5,7H,6H2,1H3. The minimum Gasteiger partial charge on any atom is -0.319 e. The normalized spacial score (nSPS) is 19.4. The topological polar surface area (TPSA) is 34.9 Å². The molecule has 3 nitrogen and oxygen atoms in total. The molecule has 1 aromatic carbocycles. The first-order valence-corrected chi connectivity index (χ1v) is 5.80. The summed E-state index contributed by atoms with van der Waals surface area (Å²) in [4.78, 5) is 15.8. The molecule has 1 unspecified atom stereocenters. The number of hydrogen-bond acceptors (Lipinski definition) is 3. The molecule has 0 amide bonds. The van der Waals surface area contributed by atoms with Crippen molar-refractivity contribution < 1.29 is 0 Å². The number of nitrogens with zero attached hydrogens (tertiary/aromatic N) is 2. The molecule has 0 radical (unpaired) electrons. The molecule has 2 heterocycles. The molecular weight excluding hydrogens is 208 g/mol. The lowest BCUT2D eigenvalue weighted by Gasteiger charge is -2.06. The Morgan fingerprint density at radius 2 is 2.27 bits per heavy atom. The number of para-hydroxylation sites is 1. The summed E-state index contributed by atoms with van der Waals surface area (Å²) in [5, 5.41) is 2.07. The van der Waals surface area contributed by atoms with Gasteiger partial charge in [-0.15, -0.1) is 0 Å². The minimum absolute atomic E-state index is 0.113. The lowest BCUT2D eigenvalue weighted by molar-refractivity contribution is 0.665. The van der Waals surface area contributed by atoms with Crippen molar-refractivity contribution in [1.82, 2.24) is 9.55 Å². The Bertz CT molecular complexity index is 591. The van der Waals surface area contributed by atoms with Gasteiger partial charge in [0.15, 0.2) is 5.16 Å². The second kappa shape index (κ2) is 3.10. The van der Waals surface area contributed by atoms with E-state index in [1.807, 2.05) is 24.3 Å². The molecule has 1 aliphatic rings. The molecule has 76 valence electrons. The molecule has 0 fully saturated rings. The number of benzene rings is 1. The van der Waals surface area contributed by atoms with Gasteiger partial charge in [-0.2, -0.15) is 4.98 Å². The zero-order valence-electron chi connectivity index (χ0n) is 8.30. The highest BCUT2D eigenvalue weighted by Gasteiger charge is 2.21. The van der Waals surface area contributed by atoms with Gasteiger partial charge in [0.25, 0.3) is 5.56 Å². The van der Waals surface area contributed by atoms with E-state index in [9.17, 15) is 4.79 Å². The van der Waals surface area contributed by atoms with E-state index in [4.69, 9.17) is 0 Å². The fourth-order valence-electron chi connectivity index (χ4n) is 1.94. The van der Waals surface area contributed by atoms with Crippen molar-refractivity contribution in [2.24, 2.45) is 0 Å². The molecule has 0 bridgehead atoms. The van der Waals surface area contributed by atoms with Crippen LogP contribution in [0.5, 0.6) is 0 Å². The van der Waals surface area contributed by atoms with E-state index in [0.717, 1.165) is 22.6 Å². The molecule has 0 spiro atoms. The number of hydrogen-bond donors (Lipinski definition) is 0. The van der Waals surface area contributed by atoms with Crippen LogP contribution in [-0.2, 0) is 6.54 Å². The third kappa shape index (κ3) is 1.28. The predicted octanol–water partition coefficient (Wildman–Crippen LogP) is 1.89. The Kier molecular flexibility index (Phi) is 1.85. The summed E-state index contributed by atoms with van der Waals surface area (Å²) in [5.74, 6) is 0. The molecule has 0 saturated carbocycles. The first kappa shape index (κ1) is 8.97. The maximum Gasteiger partial charge on any atom is 0.281 e. The Hall–Kier alpha value is -1.29. The van der Waals surface area contributed by atoms with Crippen LogP contribution in [-0.4, -0.2) is 14.8 Å². The average Bonchev–Trinajstić information content (AvgIpc) is 2.59. The molecule has 1 aliphatic heterocycles. The fraction of sp³-hybridized carbons (Fsp3) is 0.273. The van der Waals surface area contributed by atoms with Crippen LogP contribution in [0.25, 0.3) is 10.9 Å². The summed E-state index contributed by atoms with van der Waals surface area (Å²) in [5.41, 5.74) is 0.891. The lowest BCUT2D eigenvalue weighted by atomic mass is 10.2. The Morgan fingerprint density at radius 3 is 3.13 bits per heavy atom. The maximum atomic E-state index is 11.7. The van der Waals surface area contributed by atoms with E-state index < -0.39 is 0 Å². The summed E-state index contributed by atoms with van der Waals surface area (Å²) in [6, 6.07) is 7.67. The third-order valence-electron chi connectivity index (χ3n) is 2.60. The van der Waals surface area contributed by atoms with Crippen LogP contribution in [0, 0.1) is 0 Å². The van der Waals surface area contributed by atoms with Crippen LogP contribution < -0.4 is 5.56 Å². The van der Waals surface area contributed by atoms with Crippen LogP contribution in [0.1, 0.15) is 6.92 Å². The highest BCUT2D eigenvalue weighted by Crippen LogP contribution is 2.31. The smallest absolute Gasteiger partial charge is 0.281 e. The zero-order valence-corrected chi connectivity index (χ0v) is 9.12. The van der Waals surface area contributed by atoms with Crippen LogP contribution >= 0.6 is 11.8 Å². The quantitative estimate of drug-likeness (QED) is 0.633. The van der Waals surface area contributed by atoms with Crippen LogP contribution in [0.3, 0.4) is 0 Å². The van der Waals surface area contributed by atoms with E-state index in [1.165, 1.54) is 0 Å². The van der Waals surface area contributed by atoms with Gasteiger partial charge in [-0.1, -0.05) is 30.8 Å². The molecule has 2 aromatic rings. The van der Waals surface area contributed by atoms with E-state index in [1.54, 1.807) is 11.8 Å². The van der Waals surface area contributed by atoms with Gasteiger partial charge in [-0.3, -0.25) is 4.79 Å². The summed E-state index contributed by atoms with van der Waals surface area (Å²) >= 11 is 1.67. The van der Waals surface area contributed by atoms with E-state index in [0.29, 0.717) is 5.25 Å². The number of fused-ring (bicyclic) bond motifs is 3. The highest BCUT2D eigenvalue weighted by molar-refractivity contribution is 7.99. The molecule has 0 aliphatic carbocycles. The molecule has 0 N–H and O–H groups in total. The summed E-state index contributed by atoms with van der Waals surface area (Å²) < 4.78 is 2.13. The molecule has 4 heteroatoms. The van der Waals surface area contributed by atoms with Crippen LogP contribution in [0.2, 0.25) is 0 Å². The third-order valence-corrected chi connectivity index (χ3v) is 3.67. The maximum absolute atomic E-state index is 11.7. The minimum atomic E-state index is -0.113. The number of thioether (sulfide) groups is 1. The summed E-state index contributed by atoms with van der Waals surface area (Å²) in [7, 11) is 0. The van der Waals surface area contributed by atoms with Crippen molar-refractivity contribution in [1.29, 1.82) is 0 Å². The van der Waals surface area contributed by atoms with E-state index >= 15 is 0 Å². The van der Waals surface area contributed by atoms with Gasteiger partial charge in [0, 0.05) is 11.8 Å². The number of rotatable bonds is 0. The van der Waals surface area contributed by atoms with Gasteiger partial charge >= 0.3 is 0 Å². The van der Waals surface area contributed by atoms with Crippen molar-refractivity contribution in [3.8, 4) is 0 Å². The summed E-state index contributed by atoms with van der Waals surface area (Å²) in [6.07, 6.45) is 0. The number of aromatic nitrogens is 2. The lowest BCUT2D eigenvalue weighted by Crippen LogP contribution is -2.13. The Morgan fingerprint density at radius 1 is 1.47 bits per heavy atom. The average molecular weight is 218 g/mol. The highest BCUT2D eigenvalue weighted by atomic mass is 32.2. The van der Waals surface area contributed by atoms with Crippen molar-refractivity contribution >= 4 is 22.7 Å². The second-order valence-corrected chi connectivity index (χ2v) is 5.16. The molecule has 15 heavy (non-hydrogen) atoms. The monoisotopic (exact) mass is 218 g/mol. The van der Waals surface area contributed by atoms with Crippen molar-refractivity contribution in [2.45, 2.75) is 23.9 Å². The fourth-order valence-corrected chi connectivity index (χ4v) is 2.96. The van der Waals surface area contributed by atoms with Gasteiger partial charge < -0.3 is 4.57 Å². The van der Waals surface area contributed by atoms with Gasteiger partial charge in [-0.25, -0.2) is 0 Å². The first-order valence-electron chi connectivity index (χ1n) is 4.92.